The highest BCUT2D eigenvalue weighted by Crippen LogP contribution is 2.39. The van der Waals surface area contributed by atoms with Crippen LogP contribution in [-0.4, -0.2) is 18.6 Å². The van der Waals surface area contributed by atoms with Crippen LogP contribution < -0.4 is 4.90 Å². The summed E-state index contributed by atoms with van der Waals surface area (Å²) in [6.07, 6.45) is 2.22. The average Bonchev–Trinajstić information content (AvgIpc) is 2.86. The van der Waals surface area contributed by atoms with Crippen molar-refractivity contribution in [2.24, 2.45) is 0 Å². The lowest BCUT2D eigenvalue weighted by Crippen LogP contribution is -2.23. The van der Waals surface area contributed by atoms with E-state index in [0.29, 0.717) is 10.0 Å². The second-order valence-electron chi connectivity index (χ2n) is 5.73. The minimum Gasteiger partial charge on any atom is -0.356 e. The Balaban J connectivity index is 1.93. The van der Waals surface area contributed by atoms with Crippen LogP contribution in [0.15, 0.2) is 40.9 Å². The topological polar surface area (TPSA) is 19.0 Å². The molecule has 0 saturated heterocycles. The van der Waals surface area contributed by atoms with Crippen LogP contribution in [0.1, 0.15) is 11.1 Å². The molecule has 0 saturated carbocycles. The Bertz CT molecular complexity index is 959. The minimum atomic E-state index is 0.653. The number of aromatic nitrogens is 1. The van der Waals surface area contributed by atoms with E-state index in [-0.39, 0.29) is 0 Å². The smallest absolute Gasteiger partial charge is 0.114 e. The zero-order valence-electron chi connectivity index (χ0n) is 12.3. The maximum Gasteiger partial charge on any atom is 0.114 e. The van der Waals surface area contributed by atoms with Crippen molar-refractivity contribution in [1.82, 2.24) is 4.98 Å². The number of halogens is 3. The Morgan fingerprint density at radius 3 is 2.74 bits per heavy atom. The molecule has 2 aromatic carbocycles. The van der Waals surface area contributed by atoms with Gasteiger partial charge in [0.2, 0.25) is 0 Å². The maximum absolute atomic E-state index is 6.40. The molecule has 5 heteroatoms. The number of benzene rings is 2. The molecule has 1 N–H and O–H groups in total. The highest BCUT2D eigenvalue weighted by molar-refractivity contribution is 9.10. The van der Waals surface area contributed by atoms with Crippen LogP contribution in [0.2, 0.25) is 10.0 Å². The largest absolute Gasteiger partial charge is 0.356 e. The van der Waals surface area contributed by atoms with Crippen molar-refractivity contribution in [2.45, 2.75) is 0 Å². The molecule has 0 unspecified atom stereocenters. The highest BCUT2D eigenvalue weighted by atomic mass is 79.9. The Morgan fingerprint density at radius 1 is 1.13 bits per heavy atom. The van der Waals surface area contributed by atoms with Gasteiger partial charge >= 0.3 is 0 Å². The van der Waals surface area contributed by atoms with E-state index in [9.17, 15) is 0 Å². The molecule has 0 radical (unpaired) electrons. The molecule has 1 aliphatic heterocycles. The first kappa shape index (κ1) is 15.1. The zero-order valence-corrected chi connectivity index (χ0v) is 15.4. The first-order valence-corrected chi connectivity index (χ1v) is 8.76. The van der Waals surface area contributed by atoms with Crippen molar-refractivity contribution in [3.63, 3.8) is 0 Å². The van der Waals surface area contributed by atoms with Crippen molar-refractivity contribution in [2.75, 3.05) is 18.5 Å². The van der Waals surface area contributed by atoms with Crippen LogP contribution in [0, 0.1) is 0 Å². The van der Waals surface area contributed by atoms with Crippen LogP contribution in [0.4, 0.5) is 5.82 Å². The molecule has 2 nitrogen and oxygen atoms in total. The Hall–Kier alpha value is -1.42. The molecule has 0 aliphatic carbocycles. The molecule has 0 fully saturated rings. The fourth-order valence-electron chi connectivity index (χ4n) is 3.09. The standard InChI is InChI=1S/C18H13BrCl2N2/c1-23-9-10(13-4-3-12(20)8-16(13)21)6-15-14-7-11(19)2-5-17(14)22-18(15)23/h2-8,22H,9H2,1H3. The van der Waals surface area contributed by atoms with Gasteiger partial charge in [-0.1, -0.05) is 45.2 Å². The normalized spacial score (nSPS) is 14.1. The SMILES string of the molecule is CN1CC(c2ccc(Cl)cc2Cl)=Cc2c1[nH]c1ccc(Br)cc21. The van der Waals surface area contributed by atoms with Gasteiger partial charge < -0.3 is 9.88 Å². The number of fused-ring (bicyclic) bond motifs is 3. The van der Waals surface area contributed by atoms with Crippen LogP contribution >= 0.6 is 39.1 Å². The van der Waals surface area contributed by atoms with Crippen molar-refractivity contribution < 1.29 is 0 Å². The van der Waals surface area contributed by atoms with E-state index >= 15 is 0 Å². The van der Waals surface area contributed by atoms with E-state index in [1.54, 1.807) is 6.07 Å². The van der Waals surface area contributed by atoms with Gasteiger partial charge in [-0.05, 0) is 47.5 Å². The average molecular weight is 408 g/mol. The second kappa shape index (κ2) is 5.59. The predicted molar refractivity (Wildman–Crippen MR) is 104 cm³/mol. The van der Waals surface area contributed by atoms with Gasteiger partial charge in [-0.25, -0.2) is 0 Å². The second-order valence-corrected chi connectivity index (χ2v) is 7.49. The third-order valence-corrected chi connectivity index (χ3v) is 5.21. The molecule has 23 heavy (non-hydrogen) atoms. The molecular weight excluding hydrogens is 395 g/mol. The van der Waals surface area contributed by atoms with Gasteiger partial charge in [-0.15, -0.1) is 0 Å². The summed E-state index contributed by atoms with van der Waals surface area (Å²) in [5.74, 6) is 1.13. The van der Waals surface area contributed by atoms with Crippen LogP contribution in [0.25, 0.3) is 22.6 Å². The van der Waals surface area contributed by atoms with Crippen LogP contribution in [0.5, 0.6) is 0 Å². The lowest BCUT2D eigenvalue weighted by atomic mass is 9.98. The summed E-state index contributed by atoms with van der Waals surface area (Å²) in [5, 5.41) is 2.53. The van der Waals surface area contributed by atoms with Crippen molar-refractivity contribution in [1.29, 1.82) is 0 Å². The van der Waals surface area contributed by atoms with Gasteiger partial charge in [0.15, 0.2) is 0 Å². The molecule has 0 bridgehead atoms. The maximum atomic E-state index is 6.40. The zero-order chi connectivity index (χ0) is 16.1. The number of anilines is 1. The van der Waals surface area contributed by atoms with Crippen molar-refractivity contribution in [3.8, 4) is 0 Å². The molecule has 0 spiro atoms. The number of nitrogens with zero attached hydrogens (tertiary/aromatic N) is 1. The van der Waals surface area contributed by atoms with E-state index in [1.165, 1.54) is 16.5 Å². The third kappa shape index (κ3) is 2.57. The van der Waals surface area contributed by atoms with Gasteiger partial charge in [0.25, 0.3) is 0 Å². The van der Waals surface area contributed by atoms with Crippen LogP contribution in [0.3, 0.4) is 0 Å². The lowest BCUT2D eigenvalue weighted by molar-refractivity contribution is 1.01. The summed E-state index contributed by atoms with van der Waals surface area (Å²) >= 11 is 16.0. The third-order valence-electron chi connectivity index (χ3n) is 4.16. The van der Waals surface area contributed by atoms with Crippen molar-refractivity contribution in [3.05, 3.63) is 62.0 Å². The van der Waals surface area contributed by atoms with E-state index < -0.39 is 0 Å². The van der Waals surface area contributed by atoms with Gasteiger partial charge in [-0.3, -0.25) is 0 Å². The quantitative estimate of drug-likeness (QED) is 0.506. The lowest BCUT2D eigenvalue weighted by Gasteiger charge is -2.26. The van der Waals surface area contributed by atoms with E-state index in [2.05, 4.69) is 51.1 Å². The minimum absolute atomic E-state index is 0.653. The number of likely N-dealkylation sites (N-methyl/N-ethyl adjacent to an activating group) is 1. The number of H-pyrrole nitrogens is 1. The predicted octanol–water partition coefficient (Wildman–Crippen LogP) is 6.23. The highest BCUT2D eigenvalue weighted by Gasteiger charge is 2.21. The van der Waals surface area contributed by atoms with E-state index in [4.69, 9.17) is 23.2 Å². The Kier molecular flexibility index (Phi) is 3.67. The fourth-order valence-corrected chi connectivity index (χ4v) is 3.98. The van der Waals surface area contributed by atoms with Crippen molar-refractivity contribution >= 4 is 67.5 Å². The molecule has 4 rings (SSSR count). The molecular formula is C18H13BrCl2N2. The molecule has 3 aromatic rings. The van der Waals surface area contributed by atoms with E-state index in [1.807, 2.05) is 18.2 Å². The summed E-state index contributed by atoms with van der Waals surface area (Å²) in [5.41, 5.74) is 4.53. The number of hydrogen-bond acceptors (Lipinski definition) is 1. The molecule has 0 amide bonds. The van der Waals surface area contributed by atoms with Gasteiger partial charge in [-0.2, -0.15) is 0 Å². The summed E-state index contributed by atoms with van der Waals surface area (Å²) in [6.45, 7) is 0.794. The summed E-state index contributed by atoms with van der Waals surface area (Å²) in [7, 11) is 2.08. The molecule has 1 aromatic heterocycles. The first-order chi connectivity index (χ1) is 11.0. The Morgan fingerprint density at radius 2 is 1.96 bits per heavy atom. The van der Waals surface area contributed by atoms with Gasteiger partial charge in [0, 0.05) is 44.6 Å². The number of hydrogen-bond donors (Lipinski definition) is 1. The number of nitrogens with one attached hydrogen (secondary N) is 1. The number of rotatable bonds is 1. The fraction of sp³-hybridized carbons (Fsp3) is 0.111. The Labute approximate surface area is 152 Å². The number of aromatic amines is 1. The summed E-state index contributed by atoms with van der Waals surface area (Å²) in [6, 6.07) is 11.9. The van der Waals surface area contributed by atoms with E-state index in [0.717, 1.165) is 27.9 Å². The monoisotopic (exact) mass is 406 g/mol. The summed E-state index contributed by atoms with van der Waals surface area (Å²) in [4.78, 5) is 5.71. The van der Waals surface area contributed by atoms with Gasteiger partial charge in [0.1, 0.15) is 5.82 Å². The van der Waals surface area contributed by atoms with Gasteiger partial charge in [0.05, 0.1) is 0 Å². The van der Waals surface area contributed by atoms with Crippen LogP contribution in [-0.2, 0) is 0 Å². The first-order valence-electron chi connectivity index (χ1n) is 7.21. The molecule has 0 atom stereocenters. The summed E-state index contributed by atoms with van der Waals surface area (Å²) < 4.78 is 1.07. The molecule has 1 aliphatic rings. The molecule has 2 heterocycles. The molecule has 116 valence electrons.